The minimum Gasteiger partial charge on any atom is -0.481 e. The van der Waals surface area contributed by atoms with Gasteiger partial charge < -0.3 is 14.7 Å². The molecule has 1 heterocycles. The van der Waals surface area contributed by atoms with Gasteiger partial charge in [-0.15, -0.1) is 0 Å². The number of aryl methyl sites for hydroxylation is 2. The summed E-state index contributed by atoms with van der Waals surface area (Å²) in [7, 11) is 0. The normalized spacial score (nSPS) is 12.6. The fourth-order valence-corrected chi connectivity index (χ4v) is 2.10. The molecule has 0 bridgehead atoms. The van der Waals surface area contributed by atoms with Crippen LogP contribution in [-0.4, -0.2) is 44.8 Å². The van der Waals surface area contributed by atoms with Crippen LogP contribution in [0.25, 0.3) is 0 Å². The molecule has 20 heavy (non-hydrogen) atoms. The summed E-state index contributed by atoms with van der Waals surface area (Å²) in [6.07, 6.45) is 0.297. The minimum absolute atomic E-state index is 0.104. The monoisotopic (exact) mass is 284 g/mol. The molecule has 0 aliphatic heterocycles. The Bertz CT molecular complexity index is 464. The lowest BCUT2D eigenvalue weighted by Crippen LogP contribution is -2.41. The van der Waals surface area contributed by atoms with Crippen LogP contribution in [0.15, 0.2) is 4.52 Å². The molecule has 0 saturated carbocycles. The maximum atomic E-state index is 11.3. The number of nitrogens with zero attached hydrogens (tertiary/aromatic N) is 2. The second-order valence-corrected chi connectivity index (χ2v) is 4.68. The maximum Gasteiger partial charge on any atom is 0.320 e. The molecule has 112 valence electrons. The number of carboxylic acids is 2. The van der Waals surface area contributed by atoms with E-state index >= 15 is 0 Å². The van der Waals surface area contributed by atoms with Crippen LogP contribution in [0.4, 0.5) is 0 Å². The van der Waals surface area contributed by atoms with Crippen molar-refractivity contribution >= 4 is 11.9 Å². The quantitative estimate of drug-likeness (QED) is 0.744. The van der Waals surface area contributed by atoms with Crippen molar-refractivity contribution in [2.45, 2.75) is 46.2 Å². The molecule has 0 fully saturated rings. The van der Waals surface area contributed by atoms with Crippen molar-refractivity contribution in [3.8, 4) is 0 Å². The fourth-order valence-electron chi connectivity index (χ4n) is 2.10. The zero-order valence-electron chi connectivity index (χ0n) is 11.9. The highest BCUT2D eigenvalue weighted by Crippen LogP contribution is 2.18. The Morgan fingerprint density at radius 3 is 2.40 bits per heavy atom. The first-order valence-electron chi connectivity index (χ1n) is 6.47. The molecule has 1 unspecified atom stereocenters. The van der Waals surface area contributed by atoms with Gasteiger partial charge in [-0.05, 0) is 20.3 Å². The average molecular weight is 284 g/mol. The molecule has 1 rings (SSSR count). The Labute approximate surface area is 117 Å². The van der Waals surface area contributed by atoms with Crippen molar-refractivity contribution in [1.29, 1.82) is 0 Å². The lowest BCUT2D eigenvalue weighted by atomic mass is 10.1. The number of carbonyl (C=O) groups is 2. The van der Waals surface area contributed by atoms with Crippen molar-refractivity contribution in [1.82, 2.24) is 10.1 Å². The summed E-state index contributed by atoms with van der Waals surface area (Å²) in [6, 6.07) is -0.719. The molecule has 0 aliphatic rings. The smallest absolute Gasteiger partial charge is 0.320 e. The van der Waals surface area contributed by atoms with E-state index in [9.17, 15) is 14.7 Å². The molecule has 0 spiro atoms. The summed E-state index contributed by atoms with van der Waals surface area (Å²) < 4.78 is 5.06. The van der Waals surface area contributed by atoms with E-state index in [1.165, 1.54) is 0 Å². The van der Waals surface area contributed by atoms with E-state index in [1.807, 2.05) is 0 Å². The van der Waals surface area contributed by atoms with Gasteiger partial charge in [-0.1, -0.05) is 12.1 Å². The summed E-state index contributed by atoms with van der Waals surface area (Å²) in [5, 5.41) is 21.9. The van der Waals surface area contributed by atoms with Crippen molar-refractivity contribution < 1.29 is 24.3 Å². The molecule has 7 nitrogen and oxygen atoms in total. The third kappa shape index (κ3) is 4.06. The first-order chi connectivity index (χ1) is 9.36. The van der Waals surface area contributed by atoms with Gasteiger partial charge >= 0.3 is 11.9 Å². The Morgan fingerprint density at radius 2 is 2.00 bits per heavy atom. The highest BCUT2D eigenvalue weighted by molar-refractivity contribution is 5.73. The van der Waals surface area contributed by atoms with Crippen LogP contribution in [0.5, 0.6) is 0 Å². The summed E-state index contributed by atoms with van der Waals surface area (Å²) >= 11 is 0. The standard InChI is InChI=1S/C13H20N2O5/c1-4-11(13(18)19)15(6-5-12(16)17)7-10-8(2)14-20-9(10)3/h11H,4-7H2,1-3H3,(H,16,17)(H,18,19). The molecular formula is C13H20N2O5. The van der Waals surface area contributed by atoms with Crippen LogP contribution >= 0.6 is 0 Å². The Balaban J connectivity index is 2.92. The fraction of sp³-hybridized carbons (Fsp3) is 0.615. The van der Waals surface area contributed by atoms with Gasteiger partial charge in [-0.25, -0.2) is 0 Å². The van der Waals surface area contributed by atoms with Crippen LogP contribution in [0.1, 0.15) is 36.8 Å². The number of hydrogen-bond donors (Lipinski definition) is 2. The van der Waals surface area contributed by atoms with Gasteiger partial charge in [0.05, 0.1) is 12.1 Å². The Kier molecular flexibility index (Phi) is 5.69. The average Bonchev–Trinajstić information content (AvgIpc) is 2.67. The molecule has 7 heteroatoms. The van der Waals surface area contributed by atoms with Gasteiger partial charge in [0.25, 0.3) is 0 Å². The van der Waals surface area contributed by atoms with Crippen LogP contribution in [-0.2, 0) is 16.1 Å². The van der Waals surface area contributed by atoms with Crippen molar-refractivity contribution in [2.75, 3.05) is 6.54 Å². The van der Waals surface area contributed by atoms with Crippen LogP contribution in [0.2, 0.25) is 0 Å². The van der Waals surface area contributed by atoms with E-state index in [0.29, 0.717) is 24.4 Å². The molecule has 2 N–H and O–H groups in total. The van der Waals surface area contributed by atoms with Crippen molar-refractivity contribution in [3.05, 3.63) is 17.0 Å². The Hall–Kier alpha value is -1.89. The topological polar surface area (TPSA) is 104 Å². The van der Waals surface area contributed by atoms with Gasteiger partial charge in [-0.2, -0.15) is 0 Å². The van der Waals surface area contributed by atoms with E-state index in [1.54, 1.807) is 25.7 Å². The number of rotatable bonds is 8. The minimum atomic E-state index is -0.954. The zero-order valence-corrected chi connectivity index (χ0v) is 11.9. The lowest BCUT2D eigenvalue weighted by molar-refractivity contribution is -0.145. The largest absolute Gasteiger partial charge is 0.481 e. The molecule has 0 radical (unpaired) electrons. The van der Waals surface area contributed by atoms with Gasteiger partial charge in [0, 0.05) is 18.7 Å². The van der Waals surface area contributed by atoms with Crippen molar-refractivity contribution in [3.63, 3.8) is 0 Å². The van der Waals surface area contributed by atoms with Crippen molar-refractivity contribution in [2.24, 2.45) is 0 Å². The third-order valence-corrected chi connectivity index (χ3v) is 3.27. The summed E-state index contributed by atoms with van der Waals surface area (Å²) in [6.45, 7) is 5.79. The lowest BCUT2D eigenvalue weighted by Gasteiger charge is -2.27. The van der Waals surface area contributed by atoms with E-state index in [0.717, 1.165) is 5.56 Å². The predicted molar refractivity (Wildman–Crippen MR) is 70.4 cm³/mol. The Morgan fingerprint density at radius 1 is 1.35 bits per heavy atom. The molecular weight excluding hydrogens is 264 g/mol. The molecule has 0 amide bonds. The second-order valence-electron chi connectivity index (χ2n) is 4.68. The van der Waals surface area contributed by atoms with Gasteiger partial charge in [0.1, 0.15) is 11.8 Å². The number of carboxylic acid groups (broad SMARTS) is 2. The summed E-state index contributed by atoms with van der Waals surface area (Å²) in [5.41, 5.74) is 1.51. The summed E-state index contributed by atoms with van der Waals surface area (Å²) in [4.78, 5) is 23.6. The predicted octanol–water partition coefficient (Wildman–Crippen LogP) is 1.43. The zero-order chi connectivity index (χ0) is 15.3. The van der Waals surface area contributed by atoms with Gasteiger partial charge in [0.2, 0.25) is 0 Å². The molecule has 1 aromatic heterocycles. The number of aliphatic carboxylic acids is 2. The second kappa shape index (κ2) is 7.04. The highest BCUT2D eigenvalue weighted by Gasteiger charge is 2.26. The van der Waals surface area contributed by atoms with Crippen LogP contribution in [0.3, 0.4) is 0 Å². The summed E-state index contributed by atoms with van der Waals surface area (Å²) in [5.74, 6) is -1.28. The molecule has 1 aromatic rings. The number of aromatic nitrogens is 1. The maximum absolute atomic E-state index is 11.3. The van der Waals surface area contributed by atoms with E-state index in [4.69, 9.17) is 9.63 Å². The van der Waals surface area contributed by atoms with Gasteiger partial charge in [-0.3, -0.25) is 14.5 Å². The first kappa shape index (κ1) is 16.2. The first-order valence-corrected chi connectivity index (χ1v) is 6.47. The van der Waals surface area contributed by atoms with E-state index in [-0.39, 0.29) is 13.0 Å². The van der Waals surface area contributed by atoms with Gasteiger partial charge in [0.15, 0.2) is 0 Å². The van der Waals surface area contributed by atoms with E-state index in [2.05, 4.69) is 5.16 Å². The SMILES string of the molecule is CCC(C(=O)O)N(CCC(=O)O)Cc1c(C)noc1C. The highest BCUT2D eigenvalue weighted by atomic mass is 16.5. The molecule has 1 atom stereocenters. The molecule has 0 saturated heterocycles. The van der Waals surface area contributed by atoms with Crippen LogP contribution < -0.4 is 0 Å². The third-order valence-electron chi connectivity index (χ3n) is 3.27. The molecule has 0 aromatic carbocycles. The van der Waals surface area contributed by atoms with E-state index < -0.39 is 18.0 Å². The van der Waals surface area contributed by atoms with Crippen LogP contribution in [0, 0.1) is 13.8 Å². The molecule has 0 aliphatic carbocycles. The number of hydrogen-bond acceptors (Lipinski definition) is 5.